The molecule has 0 aliphatic rings. The van der Waals surface area contributed by atoms with Gasteiger partial charge >= 0.3 is 0 Å². The summed E-state index contributed by atoms with van der Waals surface area (Å²) in [5.41, 5.74) is 30.4. The molecule has 0 saturated carbocycles. The second-order valence-electron chi connectivity index (χ2n) is 36.4. The van der Waals surface area contributed by atoms with Crippen molar-refractivity contribution in [3.05, 3.63) is 534 Å². The van der Waals surface area contributed by atoms with Crippen LogP contribution in [0.25, 0.3) is 259 Å². The summed E-state index contributed by atoms with van der Waals surface area (Å²) in [4.78, 5) is 14.8. The van der Waals surface area contributed by atoms with Crippen molar-refractivity contribution in [1.29, 1.82) is 0 Å². The Kier molecular flexibility index (Phi) is 20.9. The van der Waals surface area contributed by atoms with E-state index in [1.807, 2.05) is 60.7 Å². The maximum atomic E-state index is 4.95. The van der Waals surface area contributed by atoms with E-state index >= 15 is 0 Å². The van der Waals surface area contributed by atoms with E-state index in [1.165, 1.54) is 208 Å². The van der Waals surface area contributed by atoms with Gasteiger partial charge in [-0.2, -0.15) is 0 Å². The van der Waals surface area contributed by atoms with Crippen LogP contribution in [0.15, 0.2) is 534 Å². The zero-order valence-corrected chi connectivity index (χ0v) is 77.0. The molecule has 24 aromatic carbocycles. The normalized spacial score (nSPS) is 11.5. The Bertz CT molecular complexity index is 9540. The number of nitrogens with zero attached hydrogens (tertiary/aromatic N) is 6. The van der Waals surface area contributed by atoms with Crippen molar-refractivity contribution < 1.29 is 0 Å². The number of fused-ring (bicyclic) bond motifs is 21. The third kappa shape index (κ3) is 15.2. The summed E-state index contributed by atoms with van der Waals surface area (Å²) in [5.74, 6) is 1.96. The van der Waals surface area contributed by atoms with Crippen LogP contribution in [0.3, 0.4) is 0 Å². The van der Waals surface area contributed by atoms with Crippen LogP contribution < -0.4 is 0 Å². The van der Waals surface area contributed by atoms with Crippen LogP contribution in [-0.4, -0.2) is 28.7 Å². The second-order valence-corrected chi connectivity index (χ2v) is 36.4. The van der Waals surface area contributed by atoms with Gasteiger partial charge in [0.2, 0.25) is 0 Å². The average molecular weight is 1790 g/mol. The number of aromatic nitrogens is 6. The first-order valence-corrected chi connectivity index (χ1v) is 48.2. The molecule has 4 aromatic heterocycles. The predicted molar refractivity (Wildman–Crippen MR) is 595 cm³/mol. The Morgan fingerprint density at radius 2 is 0.305 bits per heavy atom. The Hall–Kier alpha value is -18.8. The first kappa shape index (κ1) is 82.9. The SMILES string of the molecule is c1ccc(-c2cc(-c3ccccc3)cc(-c3cccc(-c4ccc5c6ccccc6c6ccccc6c5c4)c3)c2)cc1.c1ccc(-c2nc(-c3ccccc3)nc(-c3cccc(-c4cccc(-c5ccc6c7ccccc7c7ccccc7c6c5)c4)c3)n2)cc1.c1ccc(-n2c3ccccc3c3cc(-c4ccc5c(c4)c4ccccc4n5-c4ccc5c(c4)c4ccccc4n5-c4ccccc4)ccc32)cc1. The molecule has 6 nitrogen and oxygen atoms in total. The Labute approximate surface area is 815 Å². The van der Waals surface area contributed by atoms with Gasteiger partial charge in [-0.1, -0.05) is 400 Å². The Morgan fingerprint density at radius 3 is 0.660 bits per heavy atom. The highest BCUT2D eigenvalue weighted by Gasteiger charge is 2.23. The zero-order valence-electron chi connectivity index (χ0n) is 77.0. The van der Waals surface area contributed by atoms with Gasteiger partial charge in [0.1, 0.15) is 0 Å². The van der Waals surface area contributed by atoms with Gasteiger partial charge < -0.3 is 13.7 Å². The molecule has 28 rings (SSSR count). The summed E-state index contributed by atoms with van der Waals surface area (Å²) >= 11 is 0. The van der Waals surface area contributed by atoms with Crippen molar-refractivity contribution in [3.63, 3.8) is 0 Å². The molecule has 4 heterocycles. The van der Waals surface area contributed by atoms with Crippen LogP contribution in [-0.2, 0) is 0 Å². The van der Waals surface area contributed by atoms with Gasteiger partial charge in [-0.25, -0.2) is 15.0 Å². The molecular weight excluding hydrogens is 1710 g/mol. The predicted octanol–water partition coefficient (Wildman–Crippen LogP) is 36.1. The molecule has 6 heteroatoms. The highest BCUT2D eigenvalue weighted by molar-refractivity contribution is 6.27. The third-order valence-corrected chi connectivity index (χ3v) is 28.1. The van der Waals surface area contributed by atoms with Gasteiger partial charge in [-0.3, -0.25) is 0 Å². The molecule has 0 atom stereocenters. The van der Waals surface area contributed by atoms with Crippen LogP contribution in [0.5, 0.6) is 0 Å². The summed E-state index contributed by atoms with van der Waals surface area (Å²) in [6.07, 6.45) is 0. The number of hydrogen-bond acceptors (Lipinski definition) is 3. The van der Waals surface area contributed by atoms with E-state index in [9.17, 15) is 0 Å². The second kappa shape index (κ2) is 35.5. The molecule has 0 spiro atoms. The van der Waals surface area contributed by atoms with Crippen LogP contribution >= 0.6 is 0 Å². The number of para-hydroxylation sites is 5. The van der Waals surface area contributed by atoms with Crippen LogP contribution in [0.2, 0.25) is 0 Å². The molecule has 658 valence electrons. The summed E-state index contributed by atoms with van der Waals surface area (Å²) in [6, 6.07) is 192. The lowest BCUT2D eigenvalue weighted by molar-refractivity contribution is 1.07. The van der Waals surface area contributed by atoms with E-state index in [4.69, 9.17) is 15.0 Å². The fraction of sp³-hybridized carbons (Fsp3) is 0. The minimum absolute atomic E-state index is 0.648. The van der Waals surface area contributed by atoms with Crippen molar-refractivity contribution in [3.8, 4) is 129 Å². The Balaban J connectivity index is 0.000000109. The van der Waals surface area contributed by atoms with E-state index in [2.05, 4.69) is 487 Å². The lowest BCUT2D eigenvalue weighted by Crippen LogP contribution is -2.00. The maximum absolute atomic E-state index is 4.95. The molecule has 0 saturated heterocycles. The van der Waals surface area contributed by atoms with Gasteiger partial charge in [0.25, 0.3) is 0 Å². The van der Waals surface area contributed by atoms with Crippen molar-refractivity contribution in [2.45, 2.75) is 0 Å². The third-order valence-electron chi connectivity index (χ3n) is 28.1. The van der Waals surface area contributed by atoms with E-state index in [0.717, 1.165) is 33.5 Å². The van der Waals surface area contributed by atoms with Crippen molar-refractivity contribution >= 4 is 130 Å². The van der Waals surface area contributed by atoms with E-state index < -0.39 is 0 Å². The quantitative estimate of drug-likeness (QED) is 0.108. The molecule has 141 heavy (non-hydrogen) atoms. The lowest BCUT2D eigenvalue weighted by atomic mass is 9.90. The molecule has 0 bridgehead atoms. The fourth-order valence-corrected chi connectivity index (χ4v) is 21.5. The average Bonchev–Trinajstić information content (AvgIpc) is 1.70. The van der Waals surface area contributed by atoms with Crippen LogP contribution in [0, 0.1) is 0 Å². The number of rotatable bonds is 13. The molecule has 0 radical (unpaired) electrons. The highest BCUT2D eigenvalue weighted by atomic mass is 15.0. The van der Waals surface area contributed by atoms with Crippen molar-refractivity contribution in [2.24, 2.45) is 0 Å². The zero-order chi connectivity index (χ0) is 93.2. The van der Waals surface area contributed by atoms with Gasteiger partial charge in [0.05, 0.1) is 33.1 Å². The molecule has 0 aliphatic heterocycles. The molecule has 28 aromatic rings. The maximum Gasteiger partial charge on any atom is 0.164 e. The van der Waals surface area contributed by atoms with Crippen LogP contribution in [0.1, 0.15) is 0 Å². The topological polar surface area (TPSA) is 53.5 Å². The van der Waals surface area contributed by atoms with Gasteiger partial charge in [0, 0.05) is 66.1 Å². The van der Waals surface area contributed by atoms with E-state index in [0.29, 0.717) is 17.5 Å². The Morgan fingerprint density at radius 1 is 0.0993 bits per heavy atom. The first-order chi connectivity index (χ1) is 69.9. The smallest absolute Gasteiger partial charge is 0.164 e. The largest absolute Gasteiger partial charge is 0.309 e. The number of hydrogen-bond donors (Lipinski definition) is 0. The minimum Gasteiger partial charge on any atom is -0.309 e. The molecule has 0 unspecified atom stereocenters. The molecule has 0 amide bonds. The molecule has 0 aliphatic carbocycles. The summed E-state index contributed by atoms with van der Waals surface area (Å²) < 4.78 is 7.18. The van der Waals surface area contributed by atoms with E-state index in [-0.39, 0.29) is 0 Å². The first-order valence-electron chi connectivity index (χ1n) is 48.2. The summed E-state index contributed by atoms with van der Waals surface area (Å²) in [5, 5.41) is 23.0. The van der Waals surface area contributed by atoms with Gasteiger partial charge in [0.15, 0.2) is 17.5 Å². The standard InChI is InChI=1S/C48H31N3.C45H29N3.C42H28/c1-3-13-34(14-4-1)49-43-20-10-7-17-37(43)40-29-32(23-26-46(40)49)33-24-27-47-41(30-33)38-18-8-12-22-45(38)51(47)36-25-28-48-42(31-36)39-19-9-11-21-44(39)50(48)35-15-5-2-6-16-35;1-3-13-30(14-4-1)43-46-44(31-15-5-2-6-16-31)48-45(47-43)36-20-12-19-34(28-36)32-17-11-18-33(27-32)35-25-26-41-39-23-8-7-21-37(39)38-22-9-10-24-40(38)42(41)29-35;1-3-12-29(13-4-1)34-25-35(30-14-5-2-6-15-30)27-36(26-34)32-17-11-16-31(24-32)33-22-23-41-39-20-8-7-18-37(39)38-19-9-10-21-40(38)42(41)28-33/h1-31H;1-29H;1-28H. The summed E-state index contributed by atoms with van der Waals surface area (Å²) in [7, 11) is 0. The van der Waals surface area contributed by atoms with Crippen molar-refractivity contribution in [1.82, 2.24) is 28.7 Å². The molecule has 0 fully saturated rings. The van der Waals surface area contributed by atoms with Crippen LogP contribution in [0.4, 0.5) is 0 Å². The highest BCUT2D eigenvalue weighted by Crippen LogP contribution is 2.46. The fourth-order valence-electron chi connectivity index (χ4n) is 21.5. The minimum atomic E-state index is 0.648. The lowest BCUT2D eigenvalue weighted by Gasteiger charge is -2.14. The van der Waals surface area contributed by atoms with Gasteiger partial charge in [-0.15, -0.1) is 0 Å². The van der Waals surface area contributed by atoms with Crippen molar-refractivity contribution in [2.75, 3.05) is 0 Å². The van der Waals surface area contributed by atoms with E-state index in [1.54, 1.807) is 0 Å². The molecule has 0 N–H and O–H groups in total. The summed E-state index contributed by atoms with van der Waals surface area (Å²) in [6.45, 7) is 0. The van der Waals surface area contributed by atoms with Gasteiger partial charge in [-0.05, 0) is 276 Å². The monoisotopic (exact) mass is 1790 g/mol. The number of benzene rings is 24. The molecular formula is C135H88N6.